The van der Waals surface area contributed by atoms with E-state index in [1.165, 1.54) is 12.2 Å². The Balaban J connectivity index is 2.87. The van der Waals surface area contributed by atoms with Gasteiger partial charge in [-0.25, -0.2) is 0 Å². The second-order valence-corrected chi connectivity index (χ2v) is 3.65. The summed E-state index contributed by atoms with van der Waals surface area (Å²) >= 11 is 0. The van der Waals surface area contributed by atoms with Gasteiger partial charge in [-0.15, -0.1) is 0 Å². The fourth-order valence-corrected chi connectivity index (χ4v) is 1.87. The van der Waals surface area contributed by atoms with Crippen molar-refractivity contribution >= 4 is 5.78 Å². The standard InChI is InChI=1S/C10H12N2O3/c11-8-4-3-7-10(12(14)15)6-2-1-5-9(10)13/h3-4H,1-2,5-7H2/b4-3+. The van der Waals surface area contributed by atoms with Crippen molar-refractivity contribution in [1.29, 1.82) is 5.26 Å². The van der Waals surface area contributed by atoms with Gasteiger partial charge >= 0.3 is 0 Å². The van der Waals surface area contributed by atoms with Gasteiger partial charge in [0, 0.05) is 30.3 Å². The Bertz CT molecular complexity index is 343. The zero-order valence-corrected chi connectivity index (χ0v) is 8.31. The van der Waals surface area contributed by atoms with Crippen LogP contribution in [0.5, 0.6) is 0 Å². The van der Waals surface area contributed by atoms with Crippen molar-refractivity contribution in [3.63, 3.8) is 0 Å². The van der Waals surface area contributed by atoms with Gasteiger partial charge in [0.25, 0.3) is 5.54 Å². The molecule has 0 bridgehead atoms. The average molecular weight is 208 g/mol. The summed E-state index contributed by atoms with van der Waals surface area (Å²) in [5.41, 5.74) is -1.47. The molecule has 1 unspecified atom stereocenters. The van der Waals surface area contributed by atoms with Gasteiger partial charge in [0.15, 0.2) is 0 Å². The molecular formula is C10H12N2O3. The van der Waals surface area contributed by atoms with Crippen LogP contribution in [-0.4, -0.2) is 16.2 Å². The first-order chi connectivity index (χ1) is 7.13. The van der Waals surface area contributed by atoms with Crippen LogP contribution >= 0.6 is 0 Å². The van der Waals surface area contributed by atoms with E-state index in [0.29, 0.717) is 6.42 Å². The van der Waals surface area contributed by atoms with Crippen molar-refractivity contribution in [2.45, 2.75) is 37.6 Å². The van der Waals surface area contributed by atoms with Crippen molar-refractivity contribution in [1.82, 2.24) is 0 Å². The third-order valence-electron chi connectivity index (χ3n) is 2.76. The SMILES string of the molecule is N#C/C=C/CC1([N+](=O)[O-])CCCCC1=O. The molecule has 0 aromatic heterocycles. The second kappa shape index (κ2) is 4.69. The highest BCUT2D eigenvalue weighted by atomic mass is 16.6. The van der Waals surface area contributed by atoms with E-state index in [1.54, 1.807) is 6.07 Å². The molecule has 1 aliphatic rings. The van der Waals surface area contributed by atoms with Gasteiger partial charge in [0.1, 0.15) is 0 Å². The number of hydrogen-bond acceptors (Lipinski definition) is 4. The van der Waals surface area contributed by atoms with Crippen LogP contribution in [0, 0.1) is 21.4 Å². The summed E-state index contributed by atoms with van der Waals surface area (Å²) in [5.74, 6) is -0.304. The van der Waals surface area contributed by atoms with Crippen LogP contribution in [0.3, 0.4) is 0 Å². The van der Waals surface area contributed by atoms with Crippen LogP contribution in [0.4, 0.5) is 0 Å². The molecule has 1 atom stereocenters. The quantitative estimate of drug-likeness (QED) is 0.400. The number of carbonyl (C=O) groups excluding carboxylic acids is 1. The maximum absolute atomic E-state index is 11.6. The molecule has 5 heteroatoms. The molecule has 1 aliphatic carbocycles. The molecule has 15 heavy (non-hydrogen) atoms. The Labute approximate surface area is 87.5 Å². The predicted molar refractivity (Wildman–Crippen MR) is 52.6 cm³/mol. The molecule has 1 rings (SSSR count). The zero-order valence-electron chi connectivity index (χ0n) is 8.31. The summed E-state index contributed by atoms with van der Waals surface area (Å²) in [6, 6.07) is 1.76. The summed E-state index contributed by atoms with van der Waals surface area (Å²) < 4.78 is 0. The zero-order chi connectivity index (χ0) is 11.3. The van der Waals surface area contributed by atoms with Gasteiger partial charge in [-0.3, -0.25) is 14.9 Å². The van der Waals surface area contributed by atoms with Gasteiger partial charge in [0.05, 0.1) is 6.07 Å². The normalized spacial score (nSPS) is 26.5. The largest absolute Gasteiger partial charge is 0.292 e. The Kier molecular flexibility index (Phi) is 3.56. The molecule has 80 valence electrons. The molecule has 0 aromatic rings. The van der Waals surface area contributed by atoms with Gasteiger partial charge < -0.3 is 0 Å². The molecule has 0 saturated heterocycles. The number of hydrogen-bond donors (Lipinski definition) is 0. The average Bonchev–Trinajstić information content (AvgIpc) is 2.21. The van der Waals surface area contributed by atoms with Gasteiger partial charge in [0.2, 0.25) is 5.78 Å². The fraction of sp³-hybridized carbons (Fsp3) is 0.600. The minimum Gasteiger partial charge on any atom is -0.292 e. The van der Waals surface area contributed by atoms with E-state index in [1.807, 2.05) is 0 Å². The summed E-state index contributed by atoms with van der Waals surface area (Å²) in [6.45, 7) is 0. The van der Waals surface area contributed by atoms with Gasteiger partial charge in [-0.2, -0.15) is 5.26 Å². The number of carbonyl (C=O) groups is 1. The second-order valence-electron chi connectivity index (χ2n) is 3.65. The number of rotatable bonds is 3. The van der Waals surface area contributed by atoms with Gasteiger partial charge in [-0.05, 0) is 12.8 Å². The van der Waals surface area contributed by atoms with Crippen LogP contribution in [-0.2, 0) is 4.79 Å². The first kappa shape index (κ1) is 11.4. The van der Waals surface area contributed by atoms with Crippen LogP contribution in [0.15, 0.2) is 12.2 Å². The Hall–Kier alpha value is -1.70. The van der Waals surface area contributed by atoms with E-state index in [9.17, 15) is 14.9 Å². The number of nitro groups is 1. The maximum atomic E-state index is 11.6. The molecule has 0 radical (unpaired) electrons. The molecule has 1 saturated carbocycles. The summed E-state index contributed by atoms with van der Waals surface area (Å²) in [7, 11) is 0. The molecule has 1 fully saturated rings. The number of allylic oxidation sites excluding steroid dienone is 1. The third kappa shape index (κ3) is 2.21. The lowest BCUT2D eigenvalue weighted by atomic mass is 9.78. The van der Waals surface area contributed by atoms with E-state index in [4.69, 9.17) is 5.26 Å². The number of Topliss-reactive ketones (excluding diaryl/α,β-unsaturated/α-hetero) is 1. The van der Waals surface area contributed by atoms with Crippen molar-refractivity contribution in [2.75, 3.05) is 0 Å². The molecule has 0 aromatic carbocycles. The molecule has 5 nitrogen and oxygen atoms in total. The third-order valence-corrected chi connectivity index (χ3v) is 2.76. The minimum atomic E-state index is -1.47. The lowest BCUT2D eigenvalue weighted by Gasteiger charge is -2.26. The molecule has 0 aliphatic heterocycles. The Morgan fingerprint density at radius 1 is 1.60 bits per heavy atom. The first-order valence-electron chi connectivity index (χ1n) is 4.86. The summed E-state index contributed by atoms with van der Waals surface area (Å²) in [5, 5.41) is 19.2. The van der Waals surface area contributed by atoms with Gasteiger partial charge in [-0.1, -0.05) is 6.08 Å². The first-order valence-corrected chi connectivity index (χ1v) is 4.86. The molecule has 0 amide bonds. The Morgan fingerprint density at radius 3 is 2.87 bits per heavy atom. The molecule has 0 spiro atoms. The van der Waals surface area contributed by atoms with Crippen LogP contribution < -0.4 is 0 Å². The van der Waals surface area contributed by atoms with E-state index < -0.39 is 10.5 Å². The summed E-state index contributed by atoms with van der Waals surface area (Å²) in [4.78, 5) is 22.1. The Morgan fingerprint density at radius 2 is 2.33 bits per heavy atom. The van der Waals surface area contributed by atoms with E-state index in [0.717, 1.165) is 6.42 Å². The molecule has 0 N–H and O–H groups in total. The topological polar surface area (TPSA) is 84.0 Å². The highest BCUT2D eigenvalue weighted by Gasteiger charge is 2.50. The fourth-order valence-electron chi connectivity index (χ4n) is 1.87. The van der Waals surface area contributed by atoms with Crippen molar-refractivity contribution in [2.24, 2.45) is 0 Å². The number of nitriles is 1. The van der Waals surface area contributed by atoms with Crippen molar-refractivity contribution in [3.8, 4) is 6.07 Å². The smallest absolute Gasteiger partial charge is 0.282 e. The minimum absolute atomic E-state index is 0.0341. The summed E-state index contributed by atoms with van der Waals surface area (Å²) in [6.07, 6.45) is 4.63. The van der Waals surface area contributed by atoms with Crippen LogP contribution in [0.2, 0.25) is 0 Å². The van der Waals surface area contributed by atoms with Crippen molar-refractivity contribution in [3.05, 3.63) is 22.3 Å². The van der Waals surface area contributed by atoms with Crippen LogP contribution in [0.1, 0.15) is 32.1 Å². The van der Waals surface area contributed by atoms with E-state index in [-0.39, 0.29) is 25.0 Å². The maximum Gasteiger partial charge on any atom is 0.282 e. The highest BCUT2D eigenvalue weighted by molar-refractivity contribution is 5.87. The van der Waals surface area contributed by atoms with Crippen LogP contribution in [0.25, 0.3) is 0 Å². The van der Waals surface area contributed by atoms with Crippen molar-refractivity contribution < 1.29 is 9.72 Å². The lowest BCUT2D eigenvalue weighted by Crippen LogP contribution is -2.48. The van der Waals surface area contributed by atoms with E-state index in [2.05, 4.69) is 0 Å². The number of ketones is 1. The highest BCUT2D eigenvalue weighted by Crippen LogP contribution is 2.31. The number of nitrogens with zero attached hydrogens (tertiary/aromatic N) is 2. The van der Waals surface area contributed by atoms with E-state index >= 15 is 0 Å². The molecule has 0 heterocycles. The lowest BCUT2D eigenvalue weighted by molar-refractivity contribution is -0.553. The monoisotopic (exact) mass is 208 g/mol. The molecular weight excluding hydrogens is 196 g/mol. The predicted octanol–water partition coefficient (Wildman–Crippen LogP) is 1.61.